The van der Waals surface area contributed by atoms with Crippen molar-refractivity contribution in [3.8, 4) is 0 Å². The van der Waals surface area contributed by atoms with E-state index in [-0.39, 0.29) is 22.9 Å². The summed E-state index contributed by atoms with van der Waals surface area (Å²) < 4.78 is 5.50. The molecule has 0 saturated heterocycles. The summed E-state index contributed by atoms with van der Waals surface area (Å²) in [5.41, 5.74) is 1.74. The van der Waals surface area contributed by atoms with Gasteiger partial charge in [-0.2, -0.15) is 0 Å². The van der Waals surface area contributed by atoms with Gasteiger partial charge in [0.25, 0.3) is 0 Å². The van der Waals surface area contributed by atoms with Crippen LogP contribution in [0.2, 0.25) is 0 Å². The van der Waals surface area contributed by atoms with Crippen molar-refractivity contribution in [1.29, 1.82) is 0 Å². The van der Waals surface area contributed by atoms with Gasteiger partial charge in [0.2, 0.25) is 0 Å². The van der Waals surface area contributed by atoms with Crippen molar-refractivity contribution in [3.05, 3.63) is 11.6 Å². The fourth-order valence-corrected chi connectivity index (χ4v) is 6.73. The van der Waals surface area contributed by atoms with Gasteiger partial charge in [0.15, 0.2) is 0 Å². The number of Topliss-reactive ketones (excluding diaryl/α,β-unsaturated/α-hetero) is 1. The van der Waals surface area contributed by atoms with Crippen molar-refractivity contribution >= 4 is 11.8 Å². The van der Waals surface area contributed by atoms with E-state index < -0.39 is 0 Å². The molecule has 0 amide bonds. The Kier molecular flexibility index (Phi) is 3.71. The van der Waals surface area contributed by atoms with Crippen molar-refractivity contribution < 1.29 is 14.3 Å². The summed E-state index contributed by atoms with van der Waals surface area (Å²) in [4.78, 5) is 23.7. The van der Waals surface area contributed by atoms with Crippen molar-refractivity contribution in [2.75, 3.05) is 0 Å². The van der Waals surface area contributed by atoms with Crippen LogP contribution in [0.3, 0.4) is 0 Å². The molecule has 0 radical (unpaired) electrons. The quantitative estimate of drug-likeness (QED) is 0.527. The lowest BCUT2D eigenvalue weighted by Crippen LogP contribution is -2.50. The van der Waals surface area contributed by atoms with Crippen molar-refractivity contribution in [1.82, 2.24) is 0 Å². The van der Waals surface area contributed by atoms with E-state index >= 15 is 0 Å². The minimum atomic E-state index is -0.157. The number of esters is 1. The Morgan fingerprint density at radius 2 is 1.83 bits per heavy atom. The highest BCUT2D eigenvalue weighted by Crippen LogP contribution is 2.64. The van der Waals surface area contributed by atoms with Gasteiger partial charge in [-0.25, -0.2) is 0 Å². The molecule has 3 saturated carbocycles. The number of allylic oxidation sites excluding steroid dienone is 1. The van der Waals surface area contributed by atoms with Gasteiger partial charge in [0.05, 0.1) is 0 Å². The maximum atomic E-state index is 12.4. The molecular weight excluding hydrogens is 300 g/mol. The van der Waals surface area contributed by atoms with Gasteiger partial charge in [0, 0.05) is 25.2 Å². The van der Waals surface area contributed by atoms with Gasteiger partial charge in [-0.3, -0.25) is 9.59 Å². The lowest BCUT2D eigenvalue weighted by molar-refractivity contribution is -0.148. The molecule has 0 N–H and O–H groups in total. The number of hydrogen-bond donors (Lipinski definition) is 0. The van der Waals surface area contributed by atoms with E-state index in [0.29, 0.717) is 23.5 Å². The molecule has 3 heteroatoms. The molecule has 0 aromatic rings. The van der Waals surface area contributed by atoms with Crippen LogP contribution in [0.1, 0.15) is 72.1 Å². The molecule has 4 aliphatic rings. The third kappa shape index (κ3) is 2.23. The van der Waals surface area contributed by atoms with E-state index in [1.165, 1.54) is 18.9 Å². The third-order valence-corrected chi connectivity index (χ3v) is 8.10. The monoisotopic (exact) mass is 330 g/mol. The van der Waals surface area contributed by atoms with Crippen LogP contribution >= 0.6 is 0 Å². The van der Waals surface area contributed by atoms with Gasteiger partial charge in [0.1, 0.15) is 11.9 Å². The van der Waals surface area contributed by atoms with E-state index in [1.54, 1.807) is 0 Å². The van der Waals surface area contributed by atoms with Crippen LogP contribution in [0, 0.1) is 28.6 Å². The van der Waals surface area contributed by atoms with Gasteiger partial charge in [-0.1, -0.05) is 25.5 Å². The number of carbonyl (C=O) groups is 2. The normalized spacial score (nSPS) is 47.3. The molecule has 0 aromatic carbocycles. The average Bonchev–Trinajstić information content (AvgIpc) is 2.83. The minimum absolute atomic E-state index is 0.0438. The van der Waals surface area contributed by atoms with Crippen LogP contribution in [0.4, 0.5) is 0 Å². The Morgan fingerprint density at radius 1 is 1.12 bits per heavy atom. The molecule has 0 aliphatic heterocycles. The van der Waals surface area contributed by atoms with Gasteiger partial charge in [-0.05, 0) is 61.7 Å². The first kappa shape index (κ1) is 16.4. The predicted octanol–water partition coefficient (Wildman–Crippen LogP) is 4.45. The van der Waals surface area contributed by atoms with E-state index in [2.05, 4.69) is 19.9 Å². The Morgan fingerprint density at radius 3 is 2.58 bits per heavy atom. The lowest BCUT2D eigenvalue weighted by atomic mass is 9.48. The average molecular weight is 330 g/mol. The van der Waals surface area contributed by atoms with Crippen molar-refractivity contribution in [2.45, 2.75) is 78.2 Å². The highest BCUT2D eigenvalue weighted by Gasteiger charge is 2.58. The third-order valence-electron chi connectivity index (χ3n) is 8.10. The molecule has 0 aromatic heterocycles. The molecule has 0 unspecified atom stereocenters. The zero-order valence-corrected chi connectivity index (χ0v) is 15.3. The van der Waals surface area contributed by atoms with Crippen LogP contribution in [0.25, 0.3) is 0 Å². The highest BCUT2D eigenvalue weighted by molar-refractivity contribution is 5.87. The Balaban J connectivity index is 1.60. The topological polar surface area (TPSA) is 43.4 Å². The fourth-order valence-electron chi connectivity index (χ4n) is 6.73. The first-order valence-corrected chi connectivity index (χ1v) is 9.74. The second-order valence-electron chi connectivity index (χ2n) is 9.15. The predicted molar refractivity (Wildman–Crippen MR) is 92.3 cm³/mol. The molecule has 0 heterocycles. The van der Waals surface area contributed by atoms with E-state index in [1.807, 2.05) is 0 Å². The van der Waals surface area contributed by atoms with Gasteiger partial charge < -0.3 is 4.74 Å². The molecule has 6 atom stereocenters. The number of hydrogen-bond acceptors (Lipinski definition) is 3. The maximum absolute atomic E-state index is 12.4. The molecule has 132 valence electrons. The Bertz CT molecular complexity index is 606. The molecule has 3 nitrogen and oxygen atoms in total. The molecule has 0 bridgehead atoms. The summed E-state index contributed by atoms with van der Waals surface area (Å²) in [6.45, 7) is 6.19. The number of fused-ring (bicyclic) bond motifs is 5. The van der Waals surface area contributed by atoms with Crippen molar-refractivity contribution in [2.24, 2.45) is 28.6 Å². The zero-order chi connectivity index (χ0) is 17.1. The van der Waals surface area contributed by atoms with Crippen LogP contribution < -0.4 is 0 Å². The first-order valence-electron chi connectivity index (χ1n) is 9.74. The van der Waals surface area contributed by atoms with Crippen molar-refractivity contribution in [3.63, 3.8) is 0 Å². The number of ketones is 1. The molecule has 3 fully saturated rings. The summed E-state index contributed by atoms with van der Waals surface area (Å²) in [6, 6.07) is 0. The minimum Gasteiger partial charge on any atom is -0.462 e. The van der Waals surface area contributed by atoms with Crippen LogP contribution in [-0.2, 0) is 14.3 Å². The summed E-state index contributed by atoms with van der Waals surface area (Å²) >= 11 is 0. The summed E-state index contributed by atoms with van der Waals surface area (Å²) in [6.07, 6.45) is 10.8. The van der Waals surface area contributed by atoms with E-state index in [4.69, 9.17) is 4.74 Å². The second kappa shape index (κ2) is 5.44. The van der Waals surface area contributed by atoms with Gasteiger partial charge >= 0.3 is 5.97 Å². The first-order chi connectivity index (χ1) is 11.3. The number of rotatable bonds is 1. The summed E-state index contributed by atoms with van der Waals surface area (Å²) in [5, 5.41) is 0. The lowest BCUT2D eigenvalue weighted by Gasteiger charge is -2.56. The smallest absolute Gasteiger partial charge is 0.302 e. The molecule has 0 spiro atoms. The van der Waals surface area contributed by atoms with Crippen LogP contribution in [0.15, 0.2) is 11.6 Å². The Hall–Kier alpha value is -1.12. The number of carbonyl (C=O) groups excluding carboxylic acids is 2. The highest BCUT2D eigenvalue weighted by atomic mass is 16.5. The van der Waals surface area contributed by atoms with Gasteiger partial charge in [-0.15, -0.1) is 0 Å². The summed E-state index contributed by atoms with van der Waals surface area (Å²) in [7, 11) is 0. The number of ether oxygens (including phenoxy) is 1. The second-order valence-corrected chi connectivity index (χ2v) is 9.15. The van der Waals surface area contributed by atoms with E-state index in [9.17, 15) is 9.59 Å². The molecular formula is C21H30O3. The molecule has 4 aliphatic carbocycles. The van der Waals surface area contributed by atoms with Crippen LogP contribution in [0.5, 0.6) is 0 Å². The maximum Gasteiger partial charge on any atom is 0.302 e. The largest absolute Gasteiger partial charge is 0.462 e. The zero-order valence-electron chi connectivity index (χ0n) is 15.3. The molecule has 4 rings (SSSR count). The van der Waals surface area contributed by atoms with E-state index in [0.717, 1.165) is 44.9 Å². The SMILES string of the molecule is CC(=O)O[C@H]1CC[C@@]2(C)C(=CC[C@@H]3[C@H]2CC[C@@]2(C)C(=O)CC[C@@H]32)C1. The Labute approximate surface area is 145 Å². The standard InChI is InChI=1S/C21H30O3/c1-13(22)24-15-8-10-20(2)14(12-15)4-5-16-17-6-7-19(23)21(17,3)11-9-18(16)20/h4,15-18H,5-12H2,1-3H3/t15-,16-,17-,18+,20-,21+/m0/s1. The summed E-state index contributed by atoms with van der Waals surface area (Å²) in [5.74, 6) is 2.33. The van der Waals surface area contributed by atoms with Crippen LogP contribution in [-0.4, -0.2) is 17.9 Å². The fraction of sp³-hybridized carbons (Fsp3) is 0.810. The molecule has 24 heavy (non-hydrogen) atoms.